The van der Waals surface area contributed by atoms with Crippen LogP contribution in [0.3, 0.4) is 0 Å². The number of hydrogen-bond acceptors (Lipinski definition) is 5. The average Bonchev–Trinajstić information content (AvgIpc) is 2.45. The molecule has 0 saturated carbocycles. The molecule has 0 bridgehead atoms. The van der Waals surface area contributed by atoms with Gasteiger partial charge in [-0.25, -0.2) is 0 Å². The van der Waals surface area contributed by atoms with Gasteiger partial charge in [-0.2, -0.15) is 0 Å². The highest BCUT2D eigenvalue weighted by atomic mass is 32.2. The van der Waals surface area contributed by atoms with E-state index in [1.165, 1.54) is 0 Å². The zero-order valence-corrected chi connectivity index (χ0v) is 11.7. The van der Waals surface area contributed by atoms with Crippen LogP contribution in [0, 0.1) is 0 Å². The molecule has 0 unspecified atom stereocenters. The number of unbranched alkanes of at least 4 members (excludes halogenated alkanes) is 1. The van der Waals surface area contributed by atoms with Crippen molar-refractivity contribution in [2.75, 3.05) is 12.4 Å². The zero-order valence-electron chi connectivity index (χ0n) is 10.9. The van der Waals surface area contributed by atoms with Gasteiger partial charge in [-0.15, -0.1) is 0 Å². The van der Waals surface area contributed by atoms with Gasteiger partial charge in [-0.1, -0.05) is 55.4 Å². The smallest absolute Gasteiger partial charge is 0.316 e. The monoisotopic (exact) mass is 282 g/mol. The number of rotatable bonds is 7. The first kappa shape index (κ1) is 15.7. The van der Waals surface area contributed by atoms with Gasteiger partial charge in [-0.3, -0.25) is 9.59 Å². The summed E-state index contributed by atoms with van der Waals surface area (Å²) in [6.45, 7) is 2.38. The summed E-state index contributed by atoms with van der Waals surface area (Å²) in [4.78, 5) is 23.0. The Kier molecular flexibility index (Phi) is 7.22. The van der Waals surface area contributed by atoms with Crippen LogP contribution in [-0.4, -0.2) is 28.6 Å². The van der Waals surface area contributed by atoms with Gasteiger partial charge in [0.1, 0.15) is 6.10 Å². The summed E-state index contributed by atoms with van der Waals surface area (Å²) >= 11 is 0.782. The standard InChI is InChI=1S/C14H18O4S/c1-2-3-9-18-12(15)10-19-14(17)13(16)11-7-5-4-6-8-11/h4-8,13,16H,2-3,9-10H2,1H3/t13-/m0/s1. The van der Waals surface area contributed by atoms with Crippen LogP contribution in [0.1, 0.15) is 31.4 Å². The second kappa shape index (κ2) is 8.72. The largest absolute Gasteiger partial charge is 0.465 e. The van der Waals surface area contributed by atoms with E-state index < -0.39 is 17.2 Å². The molecule has 0 aliphatic rings. The summed E-state index contributed by atoms with van der Waals surface area (Å²) in [5, 5.41) is 9.35. The number of carbonyl (C=O) groups is 2. The molecule has 0 heterocycles. The normalized spacial score (nSPS) is 11.9. The Morgan fingerprint density at radius 2 is 2.00 bits per heavy atom. The minimum atomic E-state index is -1.20. The molecule has 5 heteroatoms. The van der Waals surface area contributed by atoms with Crippen molar-refractivity contribution in [3.05, 3.63) is 35.9 Å². The third-order valence-corrected chi connectivity index (χ3v) is 3.32. The maximum absolute atomic E-state index is 11.7. The van der Waals surface area contributed by atoms with Gasteiger partial charge < -0.3 is 9.84 Å². The van der Waals surface area contributed by atoms with E-state index in [2.05, 4.69) is 0 Å². The number of thioether (sulfide) groups is 1. The van der Waals surface area contributed by atoms with Gasteiger partial charge in [0.15, 0.2) is 0 Å². The number of hydrogen-bond donors (Lipinski definition) is 1. The molecule has 0 amide bonds. The number of ether oxygens (including phenoxy) is 1. The molecule has 1 N–H and O–H groups in total. The Hall–Kier alpha value is -1.33. The molecular weight excluding hydrogens is 264 g/mol. The Morgan fingerprint density at radius 3 is 2.63 bits per heavy atom. The quantitative estimate of drug-likeness (QED) is 0.614. The van der Waals surface area contributed by atoms with E-state index in [4.69, 9.17) is 4.74 Å². The average molecular weight is 282 g/mol. The fraction of sp³-hybridized carbons (Fsp3) is 0.429. The van der Waals surface area contributed by atoms with Crippen molar-refractivity contribution >= 4 is 22.8 Å². The number of esters is 1. The second-order valence-corrected chi connectivity index (χ2v) is 4.97. The highest BCUT2D eigenvalue weighted by Crippen LogP contribution is 2.19. The Bertz CT molecular complexity index is 405. The molecule has 1 rings (SSSR count). The minimum absolute atomic E-state index is 0.0631. The van der Waals surface area contributed by atoms with E-state index in [1.807, 2.05) is 6.92 Å². The summed E-state index contributed by atoms with van der Waals surface area (Å²) in [5.74, 6) is -0.487. The summed E-state index contributed by atoms with van der Waals surface area (Å²) in [7, 11) is 0. The Balaban J connectivity index is 2.33. The van der Waals surface area contributed by atoms with Gasteiger partial charge in [-0.05, 0) is 12.0 Å². The summed E-state index contributed by atoms with van der Waals surface area (Å²) in [5.41, 5.74) is 0.527. The number of aliphatic hydroxyl groups excluding tert-OH is 1. The SMILES string of the molecule is CCCCOC(=O)CSC(=O)[C@@H](O)c1ccccc1. The molecular formula is C14H18O4S. The summed E-state index contributed by atoms with van der Waals surface area (Å²) < 4.78 is 4.92. The van der Waals surface area contributed by atoms with Crippen molar-refractivity contribution in [3.8, 4) is 0 Å². The van der Waals surface area contributed by atoms with E-state index in [-0.39, 0.29) is 5.75 Å². The molecule has 1 atom stereocenters. The fourth-order valence-corrected chi connectivity index (χ4v) is 1.99. The molecule has 0 fully saturated rings. The molecule has 104 valence electrons. The molecule has 0 spiro atoms. The molecule has 0 aromatic heterocycles. The van der Waals surface area contributed by atoms with Gasteiger partial charge >= 0.3 is 5.97 Å². The number of carbonyl (C=O) groups excluding carboxylic acids is 2. The van der Waals surface area contributed by atoms with Crippen molar-refractivity contribution in [1.29, 1.82) is 0 Å². The van der Waals surface area contributed by atoms with Crippen LogP contribution in [0.2, 0.25) is 0 Å². The van der Waals surface area contributed by atoms with Crippen LogP contribution in [-0.2, 0) is 14.3 Å². The Labute approximate surface area is 117 Å². The third-order valence-electron chi connectivity index (χ3n) is 2.43. The van der Waals surface area contributed by atoms with E-state index >= 15 is 0 Å². The van der Waals surface area contributed by atoms with Crippen molar-refractivity contribution < 1.29 is 19.4 Å². The maximum Gasteiger partial charge on any atom is 0.316 e. The summed E-state index contributed by atoms with van der Waals surface area (Å²) in [6, 6.07) is 8.63. The van der Waals surface area contributed by atoms with E-state index in [0.717, 1.165) is 24.6 Å². The fourth-order valence-electron chi connectivity index (χ4n) is 1.35. The van der Waals surface area contributed by atoms with Gasteiger partial charge in [0.2, 0.25) is 5.12 Å². The minimum Gasteiger partial charge on any atom is -0.465 e. The van der Waals surface area contributed by atoms with Crippen molar-refractivity contribution in [2.45, 2.75) is 25.9 Å². The number of benzene rings is 1. The van der Waals surface area contributed by atoms with Crippen LogP contribution in [0.5, 0.6) is 0 Å². The maximum atomic E-state index is 11.7. The molecule has 19 heavy (non-hydrogen) atoms. The molecule has 4 nitrogen and oxygen atoms in total. The highest BCUT2D eigenvalue weighted by Gasteiger charge is 2.19. The van der Waals surface area contributed by atoms with E-state index in [9.17, 15) is 14.7 Å². The van der Waals surface area contributed by atoms with Gasteiger partial charge in [0, 0.05) is 0 Å². The summed E-state index contributed by atoms with van der Waals surface area (Å²) in [6.07, 6.45) is 0.568. The highest BCUT2D eigenvalue weighted by molar-refractivity contribution is 8.14. The Morgan fingerprint density at radius 1 is 1.32 bits per heavy atom. The zero-order chi connectivity index (χ0) is 14.1. The van der Waals surface area contributed by atoms with Crippen LogP contribution >= 0.6 is 11.8 Å². The van der Waals surface area contributed by atoms with E-state index in [0.29, 0.717) is 12.2 Å². The first-order valence-corrected chi connectivity index (χ1v) is 7.19. The lowest BCUT2D eigenvalue weighted by Crippen LogP contribution is -2.14. The van der Waals surface area contributed by atoms with Crippen molar-refractivity contribution in [3.63, 3.8) is 0 Å². The molecule has 1 aromatic rings. The lowest BCUT2D eigenvalue weighted by molar-refractivity contribution is -0.140. The second-order valence-electron chi connectivity index (χ2n) is 3.99. The van der Waals surface area contributed by atoms with Crippen LogP contribution < -0.4 is 0 Å². The molecule has 0 saturated heterocycles. The first-order valence-electron chi connectivity index (χ1n) is 6.20. The molecule has 0 radical (unpaired) electrons. The van der Waals surface area contributed by atoms with Crippen LogP contribution in [0.15, 0.2) is 30.3 Å². The van der Waals surface area contributed by atoms with E-state index in [1.54, 1.807) is 30.3 Å². The van der Waals surface area contributed by atoms with Crippen molar-refractivity contribution in [1.82, 2.24) is 0 Å². The third kappa shape index (κ3) is 5.89. The molecule has 0 aliphatic heterocycles. The number of aliphatic hydroxyl groups is 1. The van der Waals surface area contributed by atoms with Crippen LogP contribution in [0.25, 0.3) is 0 Å². The topological polar surface area (TPSA) is 63.6 Å². The lowest BCUT2D eigenvalue weighted by atomic mass is 10.1. The van der Waals surface area contributed by atoms with Crippen molar-refractivity contribution in [2.24, 2.45) is 0 Å². The first-order chi connectivity index (χ1) is 9.15. The predicted octanol–water partition coefficient (Wildman–Crippen LogP) is 2.32. The predicted molar refractivity (Wildman–Crippen MR) is 74.7 cm³/mol. The molecule has 0 aliphatic carbocycles. The lowest BCUT2D eigenvalue weighted by Gasteiger charge is -2.09. The van der Waals surface area contributed by atoms with Gasteiger partial charge in [0.25, 0.3) is 0 Å². The molecule has 1 aromatic carbocycles. The van der Waals surface area contributed by atoms with Gasteiger partial charge in [0.05, 0.1) is 12.4 Å². The van der Waals surface area contributed by atoms with Crippen LogP contribution in [0.4, 0.5) is 0 Å².